The van der Waals surface area contributed by atoms with E-state index in [1.54, 1.807) is 6.07 Å². The maximum atomic E-state index is 12.0. The summed E-state index contributed by atoms with van der Waals surface area (Å²) >= 11 is 1.90. The number of thioether (sulfide) groups is 1. The largest absolute Gasteiger partial charge is 0.468 e. The smallest absolute Gasteiger partial charge is 0.422 e. The van der Waals surface area contributed by atoms with E-state index in [1.165, 1.54) is 12.3 Å². The number of alkyl halides is 3. The van der Waals surface area contributed by atoms with Crippen molar-refractivity contribution in [1.82, 2.24) is 9.88 Å². The summed E-state index contributed by atoms with van der Waals surface area (Å²) in [6.45, 7) is 0.994. The number of guanidine groups is 1. The molecule has 1 aromatic rings. The second kappa shape index (κ2) is 10.2. The summed E-state index contributed by atoms with van der Waals surface area (Å²) in [7, 11) is 0. The van der Waals surface area contributed by atoms with Crippen molar-refractivity contribution in [2.45, 2.75) is 12.6 Å². The van der Waals surface area contributed by atoms with Gasteiger partial charge in [0.25, 0.3) is 0 Å². The molecule has 0 saturated carbocycles. The van der Waals surface area contributed by atoms with Gasteiger partial charge >= 0.3 is 6.18 Å². The Morgan fingerprint density at radius 3 is 2.62 bits per heavy atom. The highest BCUT2D eigenvalue weighted by Gasteiger charge is 2.28. The summed E-state index contributed by atoms with van der Waals surface area (Å²) in [6.07, 6.45) is -2.25. The van der Waals surface area contributed by atoms with Crippen LogP contribution in [0.5, 0.6) is 5.88 Å². The molecule has 24 heavy (non-hydrogen) atoms. The van der Waals surface area contributed by atoms with Gasteiger partial charge < -0.3 is 15.4 Å². The van der Waals surface area contributed by atoms with Crippen LogP contribution in [0.15, 0.2) is 23.3 Å². The molecule has 0 aromatic carbocycles. The number of pyridine rings is 1. The van der Waals surface area contributed by atoms with Crippen molar-refractivity contribution in [2.24, 2.45) is 10.7 Å². The summed E-state index contributed by atoms with van der Waals surface area (Å²) in [4.78, 5) is 10.3. The number of nitrogens with zero attached hydrogens (tertiary/aromatic N) is 3. The second-order valence-electron chi connectivity index (χ2n) is 5.00. The van der Waals surface area contributed by atoms with Gasteiger partial charge in [-0.05, 0) is 12.0 Å². The van der Waals surface area contributed by atoms with Crippen LogP contribution in [0.3, 0.4) is 0 Å². The first-order chi connectivity index (χ1) is 10.9. The molecule has 1 aromatic heterocycles. The van der Waals surface area contributed by atoms with E-state index >= 15 is 0 Å². The number of hydrogen-bond acceptors (Lipinski definition) is 4. The molecule has 1 saturated heterocycles. The van der Waals surface area contributed by atoms with Crippen LogP contribution >= 0.6 is 35.7 Å². The fourth-order valence-electron chi connectivity index (χ4n) is 1.99. The van der Waals surface area contributed by atoms with E-state index in [-0.39, 0.29) is 29.9 Å². The number of rotatable bonds is 5. The third-order valence-electron chi connectivity index (χ3n) is 3.19. The number of aliphatic imine (C=N–C) groups is 1. The Kier molecular flexibility index (Phi) is 8.95. The van der Waals surface area contributed by atoms with Gasteiger partial charge in [0.15, 0.2) is 12.6 Å². The van der Waals surface area contributed by atoms with E-state index in [2.05, 4.69) is 19.6 Å². The molecule has 136 valence electrons. The lowest BCUT2D eigenvalue weighted by molar-refractivity contribution is -0.154. The normalized spacial score (nSPS) is 15.8. The van der Waals surface area contributed by atoms with E-state index in [0.29, 0.717) is 18.9 Å². The van der Waals surface area contributed by atoms with E-state index in [0.717, 1.165) is 30.2 Å². The Labute approximate surface area is 160 Å². The summed E-state index contributed by atoms with van der Waals surface area (Å²) in [5, 5.41) is 0. The standard InChI is InChI=1S/C14H19F3N4OS.HI/c15-14(16,17)10-22-12-2-1-11(9-20-12)3-4-19-13(18)21-5-7-23-8-6-21;/h1-2,9H,3-8,10H2,(H2,18,19);1H. The minimum atomic E-state index is -4.36. The monoisotopic (exact) mass is 476 g/mol. The molecule has 1 fully saturated rings. The van der Waals surface area contributed by atoms with Crippen LogP contribution in [0.1, 0.15) is 5.56 Å². The van der Waals surface area contributed by atoms with Gasteiger partial charge in [0.2, 0.25) is 5.88 Å². The van der Waals surface area contributed by atoms with Crippen LogP contribution in [-0.2, 0) is 6.42 Å². The zero-order valence-electron chi connectivity index (χ0n) is 13.0. The fourth-order valence-corrected chi connectivity index (χ4v) is 2.90. The molecular weight excluding hydrogens is 456 g/mol. The van der Waals surface area contributed by atoms with Gasteiger partial charge in [-0.3, -0.25) is 4.99 Å². The molecule has 2 heterocycles. The minimum Gasteiger partial charge on any atom is -0.468 e. The lowest BCUT2D eigenvalue weighted by atomic mass is 10.2. The van der Waals surface area contributed by atoms with E-state index in [1.807, 2.05) is 11.8 Å². The highest BCUT2D eigenvalue weighted by atomic mass is 127. The fraction of sp³-hybridized carbons (Fsp3) is 0.571. The van der Waals surface area contributed by atoms with E-state index in [9.17, 15) is 13.2 Å². The molecule has 0 unspecified atom stereocenters. The van der Waals surface area contributed by atoms with Gasteiger partial charge in [-0.1, -0.05) is 6.07 Å². The Bertz CT molecular complexity index is 522. The number of hydrogen-bond donors (Lipinski definition) is 1. The second-order valence-corrected chi connectivity index (χ2v) is 6.22. The molecule has 1 aliphatic heterocycles. The summed E-state index contributed by atoms with van der Waals surface area (Å²) in [6, 6.07) is 3.11. The van der Waals surface area contributed by atoms with Crippen molar-refractivity contribution in [3.05, 3.63) is 23.9 Å². The van der Waals surface area contributed by atoms with Crippen LogP contribution in [0.25, 0.3) is 0 Å². The SMILES string of the molecule is I.NC(=NCCc1ccc(OCC(F)(F)F)nc1)N1CCSCC1. The predicted molar refractivity (Wildman–Crippen MR) is 100 cm³/mol. The molecule has 10 heteroatoms. The molecular formula is C14H20F3IN4OS. The summed E-state index contributed by atoms with van der Waals surface area (Å²) in [5.41, 5.74) is 6.81. The predicted octanol–water partition coefficient (Wildman–Crippen LogP) is 2.55. The minimum absolute atomic E-state index is 0. The first-order valence-corrected chi connectivity index (χ1v) is 8.36. The molecule has 0 radical (unpaired) electrons. The molecule has 1 aliphatic rings. The zero-order valence-corrected chi connectivity index (χ0v) is 16.1. The van der Waals surface area contributed by atoms with E-state index in [4.69, 9.17) is 5.73 Å². The average Bonchev–Trinajstić information content (AvgIpc) is 2.54. The van der Waals surface area contributed by atoms with Gasteiger partial charge in [0.05, 0.1) is 0 Å². The first-order valence-electron chi connectivity index (χ1n) is 7.21. The Balaban J connectivity index is 0.00000288. The van der Waals surface area contributed by atoms with Crippen molar-refractivity contribution in [3.8, 4) is 5.88 Å². The Morgan fingerprint density at radius 1 is 1.33 bits per heavy atom. The average molecular weight is 476 g/mol. The third kappa shape index (κ3) is 7.77. The lowest BCUT2D eigenvalue weighted by Crippen LogP contribution is -2.42. The molecule has 2 N–H and O–H groups in total. The highest BCUT2D eigenvalue weighted by Crippen LogP contribution is 2.17. The topological polar surface area (TPSA) is 63.7 Å². The summed E-state index contributed by atoms with van der Waals surface area (Å²) in [5.74, 6) is 2.61. The number of aromatic nitrogens is 1. The van der Waals surface area contributed by atoms with Crippen LogP contribution in [0, 0.1) is 0 Å². The van der Waals surface area contributed by atoms with Crippen LogP contribution in [0.4, 0.5) is 13.2 Å². The van der Waals surface area contributed by atoms with Crippen molar-refractivity contribution in [2.75, 3.05) is 37.7 Å². The molecule has 0 bridgehead atoms. The molecule has 5 nitrogen and oxygen atoms in total. The number of nitrogens with two attached hydrogens (primary N) is 1. The first kappa shape index (κ1) is 21.1. The zero-order chi connectivity index (χ0) is 16.7. The van der Waals surface area contributed by atoms with Crippen molar-refractivity contribution >= 4 is 41.7 Å². The highest BCUT2D eigenvalue weighted by molar-refractivity contribution is 14.0. The van der Waals surface area contributed by atoms with Crippen molar-refractivity contribution < 1.29 is 17.9 Å². The lowest BCUT2D eigenvalue weighted by Gasteiger charge is -2.27. The van der Waals surface area contributed by atoms with Crippen molar-refractivity contribution in [3.63, 3.8) is 0 Å². The van der Waals surface area contributed by atoms with Gasteiger partial charge in [0, 0.05) is 43.4 Å². The third-order valence-corrected chi connectivity index (χ3v) is 4.13. The summed E-state index contributed by atoms with van der Waals surface area (Å²) < 4.78 is 40.7. The van der Waals surface area contributed by atoms with Crippen LogP contribution in [0.2, 0.25) is 0 Å². The van der Waals surface area contributed by atoms with Crippen LogP contribution in [-0.4, -0.2) is 59.8 Å². The van der Waals surface area contributed by atoms with Crippen molar-refractivity contribution in [1.29, 1.82) is 0 Å². The maximum absolute atomic E-state index is 12.0. The molecule has 0 amide bonds. The molecule has 0 spiro atoms. The maximum Gasteiger partial charge on any atom is 0.422 e. The van der Waals surface area contributed by atoms with Gasteiger partial charge in [-0.2, -0.15) is 24.9 Å². The molecule has 0 atom stereocenters. The Morgan fingerprint density at radius 2 is 2.04 bits per heavy atom. The quantitative estimate of drug-likeness (QED) is 0.402. The van der Waals surface area contributed by atoms with E-state index < -0.39 is 12.8 Å². The van der Waals surface area contributed by atoms with Gasteiger partial charge in [-0.15, -0.1) is 24.0 Å². The number of ether oxygens (including phenoxy) is 1. The Hall–Kier alpha value is -0.910. The molecule has 2 rings (SSSR count). The number of halogens is 4. The van der Waals surface area contributed by atoms with Crippen LogP contribution < -0.4 is 10.5 Å². The molecule has 0 aliphatic carbocycles. The van der Waals surface area contributed by atoms with Gasteiger partial charge in [-0.25, -0.2) is 4.98 Å². The van der Waals surface area contributed by atoms with Gasteiger partial charge in [0.1, 0.15) is 0 Å².